The second-order valence-electron chi connectivity index (χ2n) is 7.51. The van der Waals surface area contributed by atoms with Gasteiger partial charge in [-0.1, -0.05) is 19.3 Å². The van der Waals surface area contributed by atoms with E-state index in [0.29, 0.717) is 19.3 Å². The molecule has 1 aliphatic rings. The van der Waals surface area contributed by atoms with Crippen molar-refractivity contribution < 1.29 is 81.0 Å². The van der Waals surface area contributed by atoms with Gasteiger partial charge in [0.15, 0.2) is 12.9 Å². The molecule has 2 unspecified atom stereocenters. The standard InChI is InChI=1S/C16H20F10O8S/c17-12(18,16(25,26)35(29,30)31)6-7-33-14(15(22,23)24,11(28)32-8-13(19,20)21)34-10(27)9-4-2-1-3-5-9/h9-10,27H,1-8H2,(H,29,30,31). The van der Waals surface area contributed by atoms with Crippen molar-refractivity contribution in [2.75, 3.05) is 13.2 Å². The lowest BCUT2D eigenvalue weighted by Gasteiger charge is -2.37. The fourth-order valence-corrected chi connectivity index (χ4v) is 3.47. The van der Waals surface area contributed by atoms with Gasteiger partial charge in [0.2, 0.25) is 0 Å². The van der Waals surface area contributed by atoms with E-state index in [2.05, 4.69) is 14.2 Å². The fourth-order valence-electron chi connectivity index (χ4n) is 2.99. The molecule has 0 spiro atoms. The van der Waals surface area contributed by atoms with Crippen LogP contribution in [0.3, 0.4) is 0 Å². The Morgan fingerprint density at radius 3 is 1.89 bits per heavy atom. The lowest BCUT2D eigenvalue weighted by Crippen LogP contribution is -2.60. The number of halogens is 10. The minimum Gasteiger partial charge on any atom is -0.452 e. The van der Waals surface area contributed by atoms with Gasteiger partial charge >= 0.3 is 45.4 Å². The Kier molecular flexibility index (Phi) is 9.83. The number of aliphatic hydroxyl groups is 1. The van der Waals surface area contributed by atoms with Crippen LogP contribution in [0.1, 0.15) is 38.5 Å². The molecule has 2 N–H and O–H groups in total. The summed E-state index contributed by atoms with van der Waals surface area (Å²) in [5, 5.41) is 3.81. The van der Waals surface area contributed by atoms with Crippen molar-refractivity contribution >= 4 is 16.1 Å². The third kappa shape index (κ3) is 7.77. The molecule has 0 aromatic rings. The zero-order chi connectivity index (χ0) is 27.5. The molecule has 35 heavy (non-hydrogen) atoms. The monoisotopic (exact) mass is 562 g/mol. The van der Waals surface area contributed by atoms with E-state index in [9.17, 15) is 62.2 Å². The van der Waals surface area contributed by atoms with Gasteiger partial charge in [-0.05, 0) is 12.8 Å². The Morgan fingerprint density at radius 1 is 0.943 bits per heavy atom. The third-order valence-corrected chi connectivity index (χ3v) is 5.77. The summed E-state index contributed by atoms with van der Waals surface area (Å²) in [6.07, 6.45) is -15.3. The molecule has 0 bridgehead atoms. The first-order valence-corrected chi connectivity index (χ1v) is 11.0. The second-order valence-corrected chi connectivity index (χ2v) is 8.97. The van der Waals surface area contributed by atoms with Crippen LogP contribution >= 0.6 is 0 Å². The number of aliphatic hydroxyl groups excluding tert-OH is 1. The van der Waals surface area contributed by atoms with Crippen molar-refractivity contribution in [1.82, 2.24) is 0 Å². The Balaban J connectivity index is 3.28. The van der Waals surface area contributed by atoms with E-state index in [0.717, 1.165) is 0 Å². The number of esters is 1. The molecule has 0 radical (unpaired) electrons. The molecule has 1 aliphatic carbocycles. The number of carbonyl (C=O) groups is 1. The molecule has 19 heteroatoms. The van der Waals surface area contributed by atoms with Gasteiger partial charge in [-0.2, -0.15) is 52.3 Å². The van der Waals surface area contributed by atoms with Crippen molar-refractivity contribution in [3.8, 4) is 0 Å². The third-order valence-electron chi connectivity index (χ3n) is 4.82. The predicted molar refractivity (Wildman–Crippen MR) is 91.5 cm³/mol. The van der Waals surface area contributed by atoms with Gasteiger partial charge in [-0.15, -0.1) is 0 Å². The van der Waals surface area contributed by atoms with E-state index in [4.69, 9.17) is 4.55 Å². The molecule has 0 aromatic carbocycles. The van der Waals surface area contributed by atoms with Gasteiger partial charge < -0.3 is 19.3 Å². The minimum atomic E-state index is -6.78. The lowest BCUT2D eigenvalue weighted by atomic mass is 9.89. The highest BCUT2D eigenvalue weighted by Crippen LogP contribution is 2.43. The Morgan fingerprint density at radius 2 is 1.46 bits per heavy atom. The van der Waals surface area contributed by atoms with E-state index in [-0.39, 0.29) is 12.8 Å². The van der Waals surface area contributed by atoms with Crippen LogP contribution in [0.25, 0.3) is 0 Å². The van der Waals surface area contributed by atoms with Gasteiger partial charge in [0, 0.05) is 12.3 Å². The molecule has 208 valence electrons. The van der Waals surface area contributed by atoms with Crippen molar-refractivity contribution in [2.24, 2.45) is 5.92 Å². The molecule has 0 aliphatic heterocycles. The van der Waals surface area contributed by atoms with Gasteiger partial charge in [-0.25, -0.2) is 4.79 Å². The average Bonchev–Trinajstić information content (AvgIpc) is 2.69. The smallest absolute Gasteiger partial charge is 0.452 e. The highest BCUT2D eigenvalue weighted by atomic mass is 32.2. The van der Waals surface area contributed by atoms with Crippen molar-refractivity contribution in [3.05, 3.63) is 0 Å². The molecule has 2 atom stereocenters. The quantitative estimate of drug-likeness (QED) is 0.169. The molecule has 1 rings (SSSR count). The zero-order valence-electron chi connectivity index (χ0n) is 17.3. The minimum absolute atomic E-state index is 0.0331. The van der Waals surface area contributed by atoms with Crippen LogP contribution in [0, 0.1) is 5.92 Å². The van der Waals surface area contributed by atoms with Crippen LogP contribution in [-0.4, -0.2) is 72.9 Å². The molecule has 0 amide bonds. The summed E-state index contributed by atoms with van der Waals surface area (Å²) in [7, 11) is -6.78. The number of rotatable bonds is 11. The van der Waals surface area contributed by atoms with E-state index in [1.807, 2.05) is 0 Å². The first-order valence-electron chi connectivity index (χ1n) is 9.60. The van der Waals surface area contributed by atoms with Gasteiger partial charge in [-0.3, -0.25) is 4.55 Å². The Bertz CT molecular complexity index is 823. The summed E-state index contributed by atoms with van der Waals surface area (Å²) >= 11 is 0. The average molecular weight is 562 g/mol. The van der Waals surface area contributed by atoms with E-state index >= 15 is 0 Å². The molecule has 1 fully saturated rings. The number of hydrogen-bond acceptors (Lipinski definition) is 7. The number of alkyl halides is 10. The number of carbonyl (C=O) groups excluding carboxylic acids is 1. The van der Waals surface area contributed by atoms with E-state index in [1.54, 1.807) is 0 Å². The van der Waals surface area contributed by atoms with Crippen LogP contribution in [0.2, 0.25) is 0 Å². The maximum atomic E-state index is 13.8. The molecule has 1 saturated carbocycles. The molecular formula is C16H20F10O8S. The summed E-state index contributed by atoms with van der Waals surface area (Å²) < 4.78 is 173. The summed E-state index contributed by atoms with van der Waals surface area (Å²) in [4.78, 5) is 12.0. The van der Waals surface area contributed by atoms with Gasteiger partial charge in [0.05, 0.1) is 6.61 Å². The molecule has 0 heterocycles. The van der Waals surface area contributed by atoms with Gasteiger partial charge in [0.1, 0.15) is 0 Å². The summed E-state index contributed by atoms with van der Waals surface area (Å²) in [5.41, 5.74) is 0. The van der Waals surface area contributed by atoms with E-state index in [1.165, 1.54) is 0 Å². The predicted octanol–water partition coefficient (Wildman–Crippen LogP) is 3.79. The summed E-state index contributed by atoms with van der Waals surface area (Å²) in [6.45, 7) is -4.91. The number of ether oxygens (including phenoxy) is 3. The molecule has 8 nitrogen and oxygen atoms in total. The number of hydrogen-bond donors (Lipinski definition) is 2. The molecule has 0 saturated heterocycles. The van der Waals surface area contributed by atoms with Crippen LogP contribution in [0.4, 0.5) is 43.9 Å². The Labute approximate surface area is 191 Å². The van der Waals surface area contributed by atoms with E-state index < -0.39 is 77.2 Å². The van der Waals surface area contributed by atoms with Crippen LogP contribution in [0.15, 0.2) is 0 Å². The zero-order valence-corrected chi connectivity index (χ0v) is 18.2. The highest BCUT2D eigenvalue weighted by Gasteiger charge is 2.69. The maximum Gasteiger partial charge on any atom is 0.455 e. The Hall–Kier alpha value is -1.44. The summed E-state index contributed by atoms with van der Waals surface area (Å²) in [6, 6.07) is 0. The summed E-state index contributed by atoms with van der Waals surface area (Å²) in [5.74, 6) is -14.9. The van der Waals surface area contributed by atoms with Gasteiger partial charge in [0.25, 0.3) is 0 Å². The second kappa shape index (κ2) is 10.9. The van der Waals surface area contributed by atoms with Crippen LogP contribution in [-0.2, 0) is 29.1 Å². The maximum absolute atomic E-state index is 13.8. The first kappa shape index (κ1) is 31.6. The lowest BCUT2D eigenvalue weighted by molar-refractivity contribution is -0.403. The largest absolute Gasteiger partial charge is 0.455 e. The fraction of sp³-hybridized carbons (Fsp3) is 0.938. The molecule has 0 aromatic heterocycles. The first-order chi connectivity index (χ1) is 15.6. The normalized spacial score (nSPS) is 19.8. The highest BCUT2D eigenvalue weighted by molar-refractivity contribution is 7.87. The molecular weight excluding hydrogens is 542 g/mol. The van der Waals surface area contributed by atoms with Crippen LogP contribution < -0.4 is 0 Å². The van der Waals surface area contributed by atoms with Crippen LogP contribution in [0.5, 0.6) is 0 Å². The van der Waals surface area contributed by atoms with Crippen molar-refractivity contribution in [1.29, 1.82) is 0 Å². The topological polar surface area (TPSA) is 119 Å². The van der Waals surface area contributed by atoms with Crippen molar-refractivity contribution in [2.45, 2.75) is 74.1 Å². The van der Waals surface area contributed by atoms with Crippen molar-refractivity contribution in [3.63, 3.8) is 0 Å². The SMILES string of the molecule is O=C(OCC(F)(F)F)C(OCCC(F)(F)C(F)(F)S(=O)(=O)O)(OC(O)C1CCCCC1)C(F)(F)F.